The van der Waals surface area contributed by atoms with Crippen LogP contribution in [-0.2, 0) is 4.79 Å². The average Bonchev–Trinajstić information content (AvgIpc) is 3.07. The number of hydrogen-bond donors (Lipinski definition) is 3. The Balaban J connectivity index is 1.59. The molecule has 108 valence electrons. The molecule has 1 spiro atoms. The molecule has 3 aliphatic rings. The molecule has 0 radical (unpaired) electrons. The van der Waals surface area contributed by atoms with Crippen molar-refractivity contribution in [3.63, 3.8) is 0 Å². The van der Waals surface area contributed by atoms with Crippen molar-refractivity contribution < 1.29 is 4.79 Å². The smallest absolute Gasteiger partial charge is 0.269 e. The Hall–Kier alpha value is -2.41. The Morgan fingerprint density at radius 3 is 3.10 bits per heavy atom. The number of aromatic nitrogens is 2. The minimum atomic E-state index is -0.282. The van der Waals surface area contributed by atoms with Crippen LogP contribution >= 0.6 is 0 Å². The van der Waals surface area contributed by atoms with Crippen LogP contribution in [0, 0.1) is 0 Å². The third-order valence-electron chi connectivity index (χ3n) is 4.16. The van der Waals surface area contributed by atoms with Crippen molar-refractivity contribution in [3.8, 4) is 0 Å². The molecule has 2 fully saturated rings. The second kappa shape index (κ2) is 4.56. The van der Waals surface area contributed by atoms with Crippen LogP contribution in [0.4, 0.5) is 5.82 Å². The minimum Gasteiger partial charge on any atom is -0.342 e. The van der Waals surface area contributed by atoms with Gasteiger partial charge in [-0.05, 0) is 24.8 Å². The number of carbonyl (C=O) groups excluding carboxylic acids is 1. The van der Waals surface area contributed by atoms with Gasteiger partial charge >= 0.3 is 0 Å². The molecule has 21 heavy (non-hydrogen) atoms. The number of nitrogens with one attached hydrogen (secondary N) is 3. The SMILES string of the molecule is O=C1NC2(CCNC2)N2CC(Nc3ccncn3)=CC=C12. The number of fused-ring (bicyclic) bond motifs is 2. The molecular formula is C14H16N6O. The standard InChI is InChI=1S/C14H16N6O/c21-13-11-2-1-10(18-12-3-5-16-9-17-12)7-20(11)14(19-13)4-6-15-8-14/h1-3,5,9,15H,4,6-8H2,(H,19,21)(H,16,17,18). The van der Waals surface area contributed by atoms with Crippen LogP contribution in [0.5, 0.6) is 0 Å². The number of rotatable bonds is 2. The number of anilines is 1. The largest absolute Gasteiger partial charge is 0.342 e. The molecule has 1 unspecified atom stereocenters. The summed E-state index contributed by atoms with van der Waals surface area (Å²) in [6, 6.07) is 1.82. The first kappa shape index (κ1) is 12.3. The predicted molar refractivity (Wildman–Crippen MR) is 76.9 cm³/mol. The lowest BCUT2D eigenvalue weighted by atomic mass is 10.1. The fraction of sp³-hybridized carbons (Fsp3) is 0.357. The summed E-state index contributed by atoms with van der Waals surface area (Å²) in [5, 5.41) is 9.73. The van der Waals surface area contributed by atoms with Gasteiger partial charge in [0.2, 0.25) is 0 Å². The molecule has 1 atom stereocenters. The molecule has 1 amide bonds. The fourth-order valence-corrected chi connectivity index (χ4v) is 3.13. The molecule has 7 nitrogen and oxygen atoms in total. The Morgan fingerprint density at radius 2 is 2.33 bits per heavy atom. The van der Waals surface area contributed by atoms with Crippen molar-refractivity contribution in [3.05, 3.63) is 42.1 Å². The monoisotopic (exact) mass is 284 g/mol. The Morgan fingerprint density at radius 1 is 1.38 bits per heavy atom. The molecule has 4 heterocycles. The summed E-state index contributed by atoms with van der Waals surface area (Å²) in [6.45, 7) is 2.36. The van der Waals surface area contributed by atoms with Gasteiger partial charge in [0.25, 0.3) is 5.91 Å². The highest BCUT2D eigenvalue weighted by Crippen LogP contribution is 2.33. The molecule has 1 aromatic heterocycles. The van der Waals surface area contributed by atoms with Crippen molar-refractivity contribution in [1.82, 2.24) is 25.5 Å². The van der Waals surface area contributed by atoms with E-state index < -0.39 is 0 Å². The topological polar surface area (TPSA) is 82.2 Å². The molecule has 0 aliphatic carbocycles. The zero-order valence-electron chi connectivity index (χ0n) is 11.5. The molecule has 3 aliphatic heterocycles. The van der Waals surface area contributed by atoms with Crippen LogP contribution in [0.15, 0.2) is 42.1 Å². The van der Waals surface area contributed by atoms with Crippen molar-refractivity contribution in [2.24, 2.45) is 0 Å². The highest BCUT2D eigenvalue weighted by molar-refractivity contribution is 5.96. The first-order chi connectivity index (χ1) is 10.3. The Labute approximate surface area is 122 Å². The molecule has 0 saturated carbocycles. The number of nitrogens with zero attached hydrogens (tertiary/aromatic N) is 3. The zero-order chi connectivity index (χ0) is 14.3. The van der Waals surface area contributed by atoms with E-state index in [4.69, 9.17) is 0 Å². The first-order valence-corrected chi connectivity index (χ1v) is 7.02. The first-order valence-electron chi connectivity index (χ1n) is 7.02. The Bertz CT molecular complexity index is 632. The van der Waals surface area contributed by atoms with Crippen LogP contribution in [0.25, 0.3) is 0 Å². The van der Waals surface area contributed by atoms with Gasteiger partial charge in [-0.2, -0.15) is 0 Å². The molecule has 7 heteroatoms. The molecule has 4 rings (SSSR count). The van der Waals surface area contributed by atoms with E-state index in [9.17, 15) is 4.79 Å². The van der Waals surface area contributed by atoms with Gasteiger partial charge in [-0.15, -0.1) is 0 Å². The maximum Gasteiger partial charge on any atom is 0.269 e. The molecule has 1 aromatic rings. The highest BCUT2D eigenvalue weighted by Gasteiger charge is 2.49. The number of carbonyl (C=O) groups is 1. The van der Waals surface area contributed by atoms with Crippen LogP contribution in [0.1, 0.15) is 6.42 Å². The van der Waals surface area contributed by atoms with E-state index in [2.05, 4.69) is 30.8 Å². The maximum absolute atomic E-state index is 12.1. The van der Waals surface area contributed by atoms with Gasteiger partial charge in [0, 0.05) is 24.9 Å². The summed E-state index contributed by atoms with van der Waals surface area (Å²) < 4.78 is 0. The fourth-order valence-electron chi connectivity index (χ4n) is 3.13. The van der Waals surface area contributed by atoms with E-state index in [-0.39, 0.29) is 11.6 Å². The summed E-state index contributed by atoms with van der Waals surface area (Å²) in [6.07, 6.45) is 7.93. The summed E-state index contributed by atoms with van der Waals surface area (Å²) >= 11 is 0. The quantitative estimate of drug-likeness (QED) is 0.697. The van der Waals surface area contributed by atoms with Gasteiger partial charge in [0.15, 0.2) is 0 Å². The van der Waals surface area contributed by atoms with Gasteiger partial charge in [-0.1, -0.05) is 0 Å². The van der Waals surface area contributed by atoms with E-state index >= 15 is 0 Å². The summed E-state index contributed by atoms with van der Waals surface area (Å²) in [4.78, 5) is 22.3. The molecular weight excluding hydrogens is 268 g/mol. The lowest BCUT2D eigenvalue weighted by molar-refractivity contribution is -0.117. The van der Waals surface area contributed by atoms with Crippen molar-refractivity contribution in [2.45, 2.75) is 12.1 Å². The van der Waals surface area contributed by atoms with Crippen LogP contribution < -0.4 is 16.0 Å². The third-order valence-corrected chi connectivity index (χ3v) is 4.16. The average molecular weight is 284 g/mol. The number of allylic oxidation sites excluding steroid dienone is 2. The van der Waals surface area contributed by atoms with Crippen molar-refractivity contribution in [2.75, 3.05) is 25.0 Å². The van der Waals surface area contributed by atoms with Gasteiger partial charge in [0.1, 0.15) is 23.5 Å². The van der Waals surface area contributed by atoms with E-state index in [1.54, 1.807) is 6.20 Å². The number of amides is 1. The lowest BCUT2D eigenvalue weighted by Gasteiger charge is -2.37. The highest BCUT2D eigenvalue weighted by atomic mass is 16.2. The van der Waals surface area contributed by atoms with Gasteiger partial charge in [-0.3, -0.25) is 4.79 Å². The second-order valence-electron chi connectivity index (χ2n) is 5.46. The number of hydrogen-bond acceptors (Lipinski definition) is 6. The van der Waals surface area contributed by atoms with Gasteiger partial charge < -0.3 is 20.9 Å². The van der Waals surface area contributed by atoms with Crippen LogP contribution in [0.2, 0.25) is 0 Å². The van der Waals surface area contributed by atoms with E-state index in [1.165, 1.54) is 6.33 Å². The molecule has 3 N–H and O–H groups in total. The normalized spacial score (nSPS) is 27.2. The Kier molecular flexibility index (Phi) is 2.68. The van der Waals surface area contributed by atoms with E-state index in [0.29, 0.717) is 6.54 Å². The summed E-state index contributed by atoms with van der Waals surface area (Å²) in [5.74, 6) is 0.765. The van der Waals surface area contributed by atoms with Crippen molar-refractivity contribution >= 4 is 11.7 Å². The zero-order valence-corrected chi connectivity index (χ0v) is 11.5. The van der Waals surface area contributed by atoms with E-state index in [0.717, 1.165) is 36.7 Å². The summed E-state index contributed by atoms with van der Waals surface area (Å²) in [5.41, 5.74) is 1.47. The second-order valence-corrected chi connectivity index (χ2v) is 5.46. The molecule has 0 bridgehead atoms. The van der Waals surface area contributed by atoms with E-state index in [1.807, 2.05) is 18.2 Å². The summed E-state index contributed by atoms with van der Waals surface area (Å²) in [7, 11) is 0. The van der Waals surface area contributed by atoms with Crippen LogP contribution in [0.3, 0.4) is 0 Å². The third kappa shape index (κ3) is 1.97. The van der Waals surface area contributed by atoms with Gasteiger partial charge in [-0.25, -0.2) is 9.97 Å². The minimum absolute atomic E-state index is 0.0102. The molecule has 2 saturated heterocycles. The van der Waals surface area contributed by atoms with Crippen molar-refractivity contribution in [1.29, 1.82) is 0 Å². The maximum atomic E-state index is 12.1. The molecule has 0 aromatic carbocycles. The van der Waals surface area contributed by atoms with Crippen LogP contribution in [-0.4, -0.2) is 46.1 Å². The lowest BCUT2D eigenvalue weighted by Crippen LogP contribution is -2.54. The van der Waals surface area contributed by atoms with Gasteiger partial charge in [0.05, 0.1) is 6.54 Å². The predicted octanol–water partition coefficient (Wildman–Crippen LogP) is -0.209.